The molecule has 0 aliphatic rings. The highest BCUT2D eigenvalue weighted by Crippen LogP contribution is 2.12. The van der Waals surface area contributed by atoms with Crippen molar-refractivity contribution in [2.45, 2.75) is 25.6 Å². The Balaban J connectivity index is 1.56. The van der Waals surface area contributed by atoms with E-state index in [1.54, 1.807) is 24.3 Å². The van der Waals surface area contributed by atoms with E-state index in [0.717, 1.165) is 0 Å². The summed E-state index contributed by atoms with van der Waals surface area (Å²) in [5, 5.41) is 8.34. The summed E-state index contributed by atoms with van der Waals surface area (Å²) in [4.78, 5) is 61.6. The van der Waals surface area contributed by atoms with Gasteiger partial charge in [0.2, 0.25) is 11.9 Å². The number of nitrogens with zero attached hydrogens (tertiary/aromatic N) is 3. The highest BCUT2D eigenvalue weighted by molar-refractivity contribution is 7.80. The van der Waals surface area contributed by atoms with Crippen molar-refractivity contribution in [1.82, 2.24) is 30.6 Å². The molecule has 2 aromatic heterocycles. The van der Waals surface area contributed by atoms with E-state index in [-0.39, 0.29) is 48.9 Å². The van der Waals surface area contributed by atoms with Crippen LogP contribution in [0, 0.1) is 0 Å². The van der Waals surface area contributed by atoms with Gasteiger partial charge in [-0.3, -0.25) is 24.2 Å². The largest absolute Gasteiger partial charge is 0.444 e. The molecule has 6 N–H and O–H groups in total. The zero-order chi connectivity index (χ0) is 25.2. The molecule has 0 radical (unpaired) electrons. The zero-order valence-electron chi connectivity index (χ0n) is 18.5. The summed E-state index contributed by atoms with van der Waals surface area (Å²) in [5.41, 5.74) is 6.78. The highest BCUT2D eigenvalue weighted by Gasteiger charge is 2.16. The van der Waals surface area contributed by atoms with Gasteiger partial charge in [-0.1, -0.05) is 0 Å². The minimum Gasteiger partial charge on any atom is -0.444 e. The Bertz CT molecular complexity index is 1250. The molecule has 14 heteroatoms. The molecule has 1 aromatic carbocycles. The van der Waals surface area contributed by atoms with Crippen LogP contribution in [-0.4, -0.2) is 56.7 Å². The lowest BCUT2D eigenvalue weighted by molar-refractivity contribution is -0.136. The van der Waals surface area contributed by atoms with E-state index in [2.05, 4.69) is 48.5 Å². The lowest BCUT2D eigenvalue weighted by Gasteiger charge is -2.17. The van der Waals surface area contributed by atoms with Crippen molar-refractivity contribution in [3.63, 3.8) is 0 Å². The number of carbonyl (C=O) groups is 3. The summed E-state index contributed by atoms with van der Waals surface area (Å²) in [6.07, 6.45) is 0.733. The summed E-state index contributed by atoms with van der Waals surface area (Å²) < 4.78 is 4.88. The van der Waals surface area contributed by atoms with E-state index in [4.69, 9.17) is 10.5 Å². The first-order valence-corrected chi connectivity index (χ1v) is 11.2. The second-order valence-electron chi connectivity index (χ2n) is 7.22. The number of carbonyl (C=O) groups excluding carboxylic acids is 3. The van der Waals surface area contributed by atoms with Crippen LogP contribution in [0.25, 0.3) is 11.2 Å². The average molecular weight is 501 g/mol. The molecule has 0 fully saturated rings. The number of ether oxygens (including phenoxy) is 1. The maximum Gasteiger partial charge on any atom is 0.295 e. The van der Waals surface area contributed by atoms with Crippen LogP contribution in [0.15, 0.2) is 35.3 Å². The monoisotopic (exact) mass is 500 g/mol. The zero-order valence-corrected chi connectivity index (χ0v) is 19.4. The fraction of sp³-hybridized carbons (Fsp3) is 0.286. The fourth-order valence-electron chi connectivity index (χ4n) is 3.00. The second kappa shape index (κ2) is 12.3. The van der Waals surface area contributed by atoms with Gasteiger partial charge < -0.3 is 26.4 Å². The van der Waals surface area contributed by atoms with Crippen LogP contribution >= 0.6 is 12.6 Å². The maximum atomic E-state index is 12.5. The summed E-state index contributed by atoms with van der Waals surface area (Å²) in [6, 6.07) is 6.52. The van der Waals surface area contributed by atoms with Gasteiger partial charge in [0.15, 0.2) is 17.4 Å². The molecular weight excluding hydrogens is 476 g/mol. The number of nitrogens with two attached hydrogens (primary N) is 1. The first-order valence-electron chi connectivity index (χ1n) is 10.5. The number of amides is 2. The lowest BCUT2D eigenvalue weighted by Crippen LogP contribution is -2.38. The second-order valence-corrected chi connectivity index (χ2v) is 7.67. The normalized spacial score (nSPS) is 11.5. The Kier molecular flexibility index (Phi) is 8.95. The Morgan fingerprint density at radius 3 is 2.71 bits per heavy atom. The molecule has 3 aromatic rings. The number of rotatable bonds is 12. The molecule has 1 unspecified atom stereocenters. The molecule has 3 rings (SSSR count). The van der Waals surface area contributed by atoms with Crippen LogP contribution in [0.3, 0.4) is 0 Å². The minimum absolute atomic E-state index is 0.0365. The van der Waals surface area contributed by atoms with Crippen molar-refractivity contribution < 1.29 is 19.1 Å². The fourth-order valence-corrected chi connectivity index (χ4v) is 3.12. The van der Waals surface area contributed by atoms with Gasteiger partial charge in [0.25, 0.3) is 17.9 Å². The van der Waals surface area contributed by atoms with Gasteiger partial charge in [-0.05, 0) is 24.3 Å². The standard InChI is InChI=1S/C21H24N8O5S/c22-21-28-18-17(20(33)29-21)26-14(10-25-18)9-24-13-3-1-12(2-4-13)19(32)27-16(34-11-30)6-5-15(31)23-7-8-35/h1-4,10-11,16,24,35H,5-9H2,(H,23,31)(H,27,32)(H3,22,25,28,29,33). The smallest absolute Gasteiger partial charge is 0.295 e. The van der Waals surface area contributed by atoms with Crippen LogP contribution in [0.1, 0.15) is 28.9 Å². The summed E-state index contributed by atoms with van der Waals surface area (Å²) in [7, 11) is 0. The van der Waals surface area contributed by atoms with Crippen LogP contribution in [0.2, 0.25) is 0 Å². The molecule has 1 atom stereocenters. The van der Waals surface area contributed by atoms with E-state index in [1.807, 2.05) is 0 Å². The van der Waals surface area contributed by atoms with Gasteiger partial charge in [-0.15, -0.1) is 0 Å². The number of hydrogen-bond donors (Lipinski definition) is 6. The summed E-state index contributed by atoms with van der Waals surface area (Å²) in [6.45, 7) is 0.910. The van der Waals surface area contributed by atoms with Crippen molar-refractivity contribution in [3.8, 4) is 0 Å². The maximum absolute atomic E-state index is 12.5. The predicted molar refractivity (Wildman–Crippen MR) is 131 cm³/mol. The topological polar surface area (TPSA) is 194 Å². The summed E-state index contributed by atoms with van der Waals surface area (Å²) >= 11 is 4.01. The third-order valence-corrected chi connectivity index (χ3v) is 4.91. The minimum atomic E-state index is -0.945. The SMILES string of the molecule is Nc1nc2ncc(CNc3ccc(C(=O)NC(CCC(=O)NCCS)OC=O)cc3)nc2c(=O)[nH]1. The molecule has 0 aliphatic heterocycles. The number of H-pyrrole nitrogens is 1. The van der Waals surface area contributed by atoms with Crippen molar-refractivity contribution in [2.24, 2.45) is 0 Å². The Morgan fingerprint density at radius 2 is 2.00 bits per heavy atom. The molecule has 184 valence electrons. The number of hydrogen-bond acceptors (Lipinski definition) is 11. The van der Waals surface area contributed by atoms with E-state index < -0.39 is 17.7 Å². The molecule has 0 spiro atoms. The van der Waals surface area contributed by atoms with Gasteiger partial charge in [0, 0.05) is 36.4 Å². The Hall–Kier alpha value is -4.20. The number of anilines is 2. The molecule has 0 aliphatic carbocycles. The number of thiol groups is 1. The summed E-state index contributed by atoms with van der Waals surface area (Å²) in [5.74, 6) is -0.232. The average Bonchev–Trinajstić information content (AvgIpc) is 2.85. The van der Waals surface area contributed by atoms with Crippen LogP contribution < -0.4 is 27.2 Å². The van der Waals surface area contributed by atoms with Crippen LogP contribution in [-0.2, 0) is 20.9 Å². The molecule has 0 bridgehead atoms. The number of aromatic amines is 1. The molecule has 13 nitrogen and oxygen atoms in total. The predicted octanol–water partition coefficient (Wildman–Crippen LogP) is -0.0375. The van der Waals surface area contributed by atoms with E-state index in [1.165, 1.54) is 6.20 Å². The molecule has 0 saturated carbocycles. The molecule has 0 saturated heterocycles. The number of nitrogen functional groups attached to an aromatic ring is 1. The van der Waals surface area contributed by atoms with Crippen molar-refractivity contribution >= 4 is 53.7 Å². The van der Waals surface area contributed by atoms with Gasteiger partial charge in [0.05, 0.1) is 18.4 Å². The van der Waals surface area contributed by atoms with Gasteiger partial charge in [0.1, 0.15) is 0 Å². The first-order chi connectivity index (χ1) is 16.9. The number of aromatic nitrogens is 4. The molecular formula is C21H24N8O5S. The Labute approximate surface area is 204 Å². The van der Waals surface area contributed by atoms with E-state index in [0.29, 0.717) is 29.2 Å². The van der Waals surface area contributed by atoms with Gasteiger partial charge in [-0.2, -0.15) is 17.6 Å². The number of benzene rings is 1. The van der Waals surface area contributed by atoms with Crippen molar-refractivity contribution in [1.29, 1.82) is 0 Å². The lowest BCUT2D eigenvalue weighted by atomic mass is 10.2. The van der Waals surface area contributed by atoms with Gasteiger partial charge >= 0.3 is 0 Å². The third kappa shape index (κ3) is 7.40. The quantitative estimate of drug-likeness (QED) is 0.112. The third-order valence-electron chi connectivity index (χ3n) is 4.69. The van der Waals surface area contributed by atoms with Crippen molar-refractivity contribution in [2.75, 3.05) is 23.3 Å². The number of nitrogens with one attached hydrogen (secondary N) is 4. The molecule has 2 heterocycles. The van der Waals surface area contributed by atoms with Crippen molar-refractivity contribution in [3.05, 3.63) is 52.1 Å². The van der Waals surface area contributed by atoms with Crippen LogP contribution in [0.5, 0.6) is 0 Å². The Morgan fingerprint density at radius 1 is 1.23 bits per heavy atom. The molecule has 2 amide bonds. The molecule has 35 heavy (non-hydrogen) atoms. The van der Waals surface area contributed by atoms with E-state index >= 15 is 0 Å². The van der Waals surface area contributed by atoms with Crippen LogP contribution in [0.4, 0.5) is 11.6 Å². The highest BCUT2D eigenvalue weighted by atomic mass is 32.1. The first kappa shape index (κ1) is 25.4. The van der Waals surface area contributed by atoms with E-state index in [9.17, 15) is 19.2 Å². The van der Waals surface area contributed by atoms with Gasteiger partial charge in [-0.25, -0.2) is 9.97 Å². The number of fused-ring (bicyclic) bond motifs is 1.